The Bertz CT molecular complexity index is 1360. The summed E-state index contributed by atoms with van der Waals surface area (Å²) in [5, 5.41) is 2.91. The molecule has 0 heterocycles. The molecule has 0 saturated heterocycles. The van der Waals surface area contributed by atoms with Gasteiger partial charge in [0.05, 0.1) is 27.4 Å². The monoisotopic (exact) mass is 422 g/mol. The average Bonchev–Trinajstić information content (AvgIpc) is 2.69. The first-order chi connectivity index (χ1) is 14.1. The smallest absolute Gasteiger partial charge is 0.196 e. The fourth-order valence-electron chi connectivity index (χ4n) is 3.47. The molecule has 8 nitrogen and oxygen atoms in total. The number of fused-ring (bicyclic) bond motifs is 2. The number of ketones is 2. The number of hydrogen-bond donors (Lipinski definition) is 3. The van der Waals surface area contributed by atoms with E-state index in [9.17, 15) is 22.6 Å². The van der Waals surface area contributed by atoms with Crippen LogP contribution in [0.3, 0.4) is 0 Å². The number of rotatable bonds is 3. The molecule has 1 aliphatic rings. The van der Waals surface area contributed by atoms with E-state index in [0.29, 0.717) is 11.4 Å². The van der Waals surface area contributed by atoms with Gasteiger partial charge in [0.1, 0.15) is 10.1 Å². The molecule has 0 radical (unpaired) electrons. The minimum Gasteiger partial charge on any atom is -0.744 e. The third-order valence-electron chi connectivity index (χ3n) is 5.03. The third kappa shape index (κ3) is 3.00. The van der Waals surface area contributed by atoms with Gasteiger partial charge in [0, 0.05) is 22.5 Å². The van der Waals surface area contributed by atoms with Crippen LogP contribution in [0.1, 0.15) is 37.4 Å². The number of anilines is 4. The van der Waals surface area contributed by atoms with Gasteiger partial charge in [0.2, 0.25) is 0 Å². The standard InChI is InChI=1S/C21H17N3O5S/c1-10-6-7-11(8-14(10)22)24-15-9-16(30(27,28)29)19(23)18-17(15)20(25)12-4-2-3-5-13(12)21(18)26/h2-9,24H,22-23H2,1H3,(H,27,28,29)/p-1. The van der Waals surface area contributed by atoms with Crippen molar-refractivity contribution in [3.8, 4) is 0 Å². The zero-order chi connectivity index (χ0) is 21.8. The van der Waals surface area contributed by atoms with Crippen molar-refractivity contribution in [1.82, 2.24) is 0 Å². The predicted molar refractivity (Wildman–Crippen MR) is 111 cm³/mol. The van der Waals surface area contributed by atoms with Crippen molar-refractivity contribution in [2.75, 3.05) is 16.8 Å². The van der Waals surface area contributed by atoms with Gasteiger partial charge < -0.3 is 21.3 Å². The molecule has 3 aromatic rings. The van der Waals surface area contributed by atoms with Crippen molar-refractivity contribution in [3.63, 3.8) is 0 Å². The number of benzene rings is 3. The maximum Gasteiger partial charge on any atom is 0.196 e. The van der Waals surface area contributed by atoms with Gasteiger partial charge in [-0.3, -0.25) is 9.59 Å². The molecule has 0 unspecified atom stereocenters. The van der Waals surface area contributed by atoms with Crippen LogP contribution in [0.4, 0.5) is 22.7 Å². The molecule has 0 aromatic heterocycles. The first-order valence-corrected chi connectivity index (χ1v) is 10.2. The molecular weight excluding hydrogens is 406 g/mol. The highest BCUT2D eigenvalue weighted by Gasteiger charge is 2.35. The van der Waals surface area contributed by atoms with Gasteiger partial charge in [0.15, 0.2) is 11.6 Å². The second kappa shape index (κ2) is 6.68. The van der Waals surface area contributed by atoms with Crippen LogP contribution in [0.15, 0.2) is 53.4 Å². The number of carbonyl (C=O) groups excluding carboxylic acids is 2. The number of nitrogens with two attached hydrogens (primary N) is 2. The predicted octanol–water partition coefficient (Wildman–Crippen LogP) is 2.58. The van der Waals surface area contributed by atoms with Crippen molar-refractivity contribution < 1.29 is 22.6 Å². The fourth-order valence-corrected chi connectivity index (χ4v) is 4.11. The summed E-state index contributed by atoms with van der Waals surface area (Å²) in [5.74, 6) is -1.14. The number of carbonyl (C=O) groups is 2. The Morgan fingerprint density at radius 2 is 1.50 bits per heavy atom. The third-order valence-corrected chi connectivity index (χ3v) is 5.90. The molecule has 5 N–H and O–H groups in total. The highest BCUT2D eigenvalue weighted by atomic mass is 32.2. The van der Waals surface area contributed by atoms with Gasteiger partial charge in [-0.15, -0.1) is 0 Å². The van der Waals surface area contributed by atoms with Crippen LogP contribution < -0.4 is 16.8 Å². The van der Waals surface area contributed by atoms with E-state index in [-0.39, 0.29) is 27.9 Å². The van der Waals surface area contributed by atoms with E-state index in [0.717, 1.165) is 11.6 Å². The van der Waals surface area contributed by atoms with Crippen LogP contribution in [-0.2, 0) is 10.1 Å². The maximum atomic E-state index is 13.2. The van der Waals surface area contributed by atoms with Crippen molar-refractivity contribution in [2.24, 2.45) is 0 Å². The lowest BCUT2D eigenvalue weighted by atomic mass is 9.82. The van der Waals surface area contributed by atoms with E-state index < -0.39 is 32.3 Å². The van der Waals surface area contributed by atoms with Crippen LogP contribution in [0.2, 0.25) is 0 Å². The van der Waals surface area contributed by atoms with Crippen molar-refractivity contribution in [1.29, 1.82) is 0 Å². The molecule has 30 heavy (non-hydrogen) atoms. The minimum atomic E-state index is -5.02. The fraction of sp³-hybridized carbons (Fsp3) is 0.0476. The Labute approximate surface area is 172 Å². The Kier molecular flexibility index (Phi) is 4.37. The van der Waals surface area contributed by atoms with E-state index in [4.69, 9.17) is 11.5 Å². The van der Waals surface area contributed by atoms with Gasteiger partial charge in [-0.25, -0.2) is 8.42 Å². The quantitative estimate of drug-likeness (QED) is 0.336. The largest absolute Gasteiger partial charge is 0.744 e. The minimum absolute atomic E-state index is 0.0234. The molecule has 9 heteroatoms. The molecule has 3 aromatic carbocycles. The summed E-state index contributed by atoms with van der Waals surface area (Å²) in [5.41, 5.74) is 12.8. The lowest BCUT2D eigenvalue weighted by Crippen LogP contribution is -2.25. The summed E-state index contributed by atoms with van der Waals surface area (Å²) in [6.45, 7) is 1.81. The number of nitrogens with one attached hydrogen (secondary N) is 1. The van der Waals surface area contributed by atoms with Crippen LogP contribution in [0.25, 0.3) is 0 Å². The van der Waals surface area contributed by atoms with Crippen molar-refractivity contribution in [3.05, 3.63) is 76.3 Å². The summed E-state index contributed by atoms with van der Waals surface area (Å²) >= 11 is 0. The highest BCUT2D eigenvalue weighted by molar-refractivity contribution is 7.86. The Balaban J connectivity index is 2.02. The lowest BCUT2D eigenvalue weighted by molar-refractivity contribution is 0.0980. The normalized spacial score (nSPS) is 13.0. The van der Waals surface area contributed by atoms with E-state index in [1.165, 1.54) is 12.1 Å². The Morgan fingerprint density at radius 1 is 0.900 bits per heavy atom. The van der Waals surface area contributed by atoms with Crippen LogP contribution in [0.5, 0.6) is 0 Å². The molecule has 0 atom stereocenters. The second-order valence-electron chi connectivity index (χ2n) is 6.94. The van der Waals surface area contributed by atoms with Gasteiger partial charge in [-0.1, -0.05) is 30.3 Å². The highest BCUT2D eigenvalue weighted by Crippen LogP contribution is 2.40. The summed E-state index contributed by atoms with van der Waals surface area (Å²) in [7, 11) is -5.02. The zero-order valence-electron chi connectivity index (χ0n) is 15.7. The first kappa shape index (κ1) is 19.6. The van der Waals surface area contributed by atoms with E-state index >= 15 is 0 Å². The molecule has 0 saturated carbocycles. The molecule has 0 aliphatic heterocycles. The zero-order valence-corrected chi connectivity index (χ0v) is 16.5. The summed E-state index contributed by atoms with van der Waals surface area (Å²) in [4.78, 5) is 25.5. The molecule has 0 amide bonds. The van der Waals surface area contributed by atoms with Gasteiger partial charge in [0.25, 0.3) is 0 Å². The molecule has 0 fully saturated rings. The molecule has 0 bridgehead atoms. The van der Waals surface area contributed by atoms with E-state index in [1.54, 1.807) is 30.3 Å². The van der Waals surface area contributed by atoms with Crippen LogP contribution in [-0.4, -0.2) is 24.5 Å². The SMILES string of the molecule is Cc1ccc(Nc2cc(S(=O)(=O)[O-])c(N)c3c2C(=O)c2ccccc2C3=O)cc1N. The van der Waals surface area contributed by atoms with Gasteiger partial charge in [-0.2, -0.15) is 0 Å². The summed E-state index contributed by atoms with van der Waals surface area (Å²) < 4.78 is 35.4. The van der Waals surface area contributed by atoms with Crippen LogP contribution >= 0.6 is 0 Å². The number of aryl methyl sites for hydroxylation is 1. The molecular formula is C21H16N3O5S-. The number of nitrogen functional groups attached to an aromatic ring is 2. The Hall–Kier alpha value is -3.69. The molecule has 4 rings (SSSR count). The van der Waals surface area contributed by atoms with Crippen LogP contribution in [0, 0.1) is 6.92 Å². The maximum absolute atomic E-state index is 13.2. The van der Waals surface area contributed by atoms with Gasteiger partial charge >= 0.3 is 0 Å². The van der Waals surface area contributed by atoms with Gasteiger partial charge in [-0.05, 0) is 30.7 Å². The summed E-state index contributed by atoms with van der Waals surface area (Å²) in [6.07, 6.45) is 0. The van der Waals surface area contributed by atoms with Crippen molar-refractivity contribution >= 4 is 44.4 Å². The topological polar surface area (TPSA) is 155 Å². The Morgan fingerprint density at radius 3 is 2.07 bits per heavy atom. The lowest BCUT2D eigenvalue weighted by Gasteiger charge is -2.25. The van der Waals surface area contributed by atoms with E-state index in [2.05, 4.69) is 5.32 Å². The number of hydrogen-bond acceptors (Lipinski definition) is 8. The average molecular weight is 422 g/mol. The molecule has 0 spiro atoms. The van der Waals surface area contributed by atoms with Crippen molar-refractivity contribution in [2.45, 2.75) is 11.8 Å². The summed E-state index contributed by atoms with van der Waals surface area (Å²) in [6, 6.07) is 12.1. The van der Waals surface area contributed by atoms with E-state index in [1.807, 2.05) is 6.92 Å². The second-order valence-corrected chi connectivity index (χ2v) is 8.29. The first-order valence-electron chi connectivity index (χ1n) is 8.83. The molecule has 1 aliphatic carbocycles. The molecule has 152 valence electrons.